The lowest BCUT2D eigenvalue weighted by atomic mass is 10.3. The minimum Gasteiger partial charge on any atom is -0.395 e. The maximum absolute atomic E-state index is 8.89. The molecule has 0 amide bonds. The van der Waals surface area contributed by atoms with Gasteiger partial charge in [-0.15, -0.1) is 6.58 Å². The number of aliphatic hydroxyl groups excluding tert-OH is 1. The number of rotatable bonds is 5. The van der Waals surface area contributed by atoms with Crippen LogP contribution >= 0.6 is 0 Å². The number of pyridine rings is 1. The molecule has 0 aromatic carbocycles. The molecule has 0 fully saturated rings. The van der Waals surface area contributed by atoms with Gasteiger partial charge >= 0.3 is 0 Å². The number of nitrogens with zero attached hydrogens (tertiary/aromatic N) is 3. The second-order valence-corrected chi connectivity index (χ2v) is 2.97. The van der Waals surface area contributed by atoms with Crippen LogP contribution in [0.1, 0.15) is 5.69 Å². The Labute approximate surface area is 89.1 Å². The summed E-state index contributed by atoms with van der Waals surface area (Å²) in [5, 5.41) is 17.6. The second kappa shape index (κ2) is 5.78. The van der Waals surface area contributed by atoms with Gasteiger partial charge in [-0.05, 0) is 12.1 Å². The SMILES string of the molecule is C=CCN(CCO)c1ccnc(C#N)c1. The van der Waals surface area contributed by atoms with Crippen molar-refractivity contribution in [2.24, 2.45) is 0 Å². The zero-order chi connectivity index (χ0) is 11.1. The van der Waals surface area contributed by atoms with E-state index in [1.165, 1.54) is 0 Å². The lowest BCUT2D eigenvalue weighted by Gasteiger charge is -2.21. The van der Waals surface area contributed by atoms with Crippen LogP contribution in [0.5, 0.6) is 0 Å². The van der Waals surface area contributed by atoms with Gasteiger partial charge in [-0.25, -0.2) is 4.98 Å². The van der Waals surface area contributed by atoms with Crippen LogP contribution < -0.4 is 4.90 Å². The first kappa shape index (κ1) is 11.2. The van der Waals surface area contributed by atoms with Crippen LogP contribution in [0, 0.1) is 11.3 Å². The van der Waals surface area contributed by atoms with E-state index in [0.29, 0.717) is 18.8 Å². The fourth-order valence-electron chi connectivity index (χ4n) is 1.28. The lowest BCUT2D eigenvalue weighted by molar-refractivity contribution is 0.303. The van der Waals surface area contributed by atoms with E-state index in [1.807, 2.05) is 11.0 Å². The molecule has 4 nitrogen and oxygen atoms in total. The molecule has 0 aliphatic carbocycles. The quantitative estimate of drug-likeness (QED) is 0.723. The van der Waals surface area contributed by atoms with E-state index in [-0.39, 0.29) is 6.61 Å². The highest BCUT2D eigenvalue weighted by Gasteiger charge is 2.04. The molecular weight excluding hydrogens is 190 g/mol. The normalized spacial score (nSPS) is 9.33. The molecule has 1 rings (SSSR count). The Hall–Kier alpha value is -1.86. The minimum atomic E-state index is 0.0675. The van der Waals surface area contributed by atoms with E-state index >= 15 is 0 Å². The molecule has 0 unspecified atom stereocenters. The van der Waals surface area contributed by atoms with Crippen molar-refractivity contribution in [1.82, 2.24) is 4.98 Å². The van der Waals surface area contributed by atoms with E-state index in [4.69, 9.17) is 10.4 Å². The highest BCUT2D eigenvalue weighted by Crippen LogP contribution is 2.13. The van der Waals surface area contributed by atoms with Gasteiger partial charge in [0.25, 0.3) is 0 Å². The maximum Gasteiger partial charge on any atom is 0.142 e. The van der Waals surface area contributed by atoms with Gasteiger partial charge in [-0.3, -0.25) is 0 Å². The third-order valence-corrected chi connectivity index (χ3v) is 1.94. The second-order valence-electron chi connectivity index (χ2n) is 2.97. The van der Waals surface area contributed by atoms with Crippen LogP contribution in [-0.2, 0) is 0 Å². The fraction of sp³-hybridized carbons (Fsp3) is 0.273. The van der Waals surface area contributed by atoms with Crippen LogP contribution in [0.4, 0.5) is 5.69 Å². The molecule has 1 aromatic heterocycles. The zero-order valence-electron chi connectivity index (χ0n) is 8.43. The molecule has 0 saturated heterocycles. The fourth-order valence-corrected chi connectivity index (χ4v) is 1.28. The van der Waals surface area contributed by atoms with Crippen molar-refractivity contribution in [2.45, 2.75) is 0 Å². The monoisotopic (exact) mass is 203 g/mol. The van der Waals surface area contributed by atoms with Crippen molar-refractivity contribution >= 4 is 5.69 Å². The van der Waals surface area contributed by atoms with Crippen LogP contribution in [0.3, 0.4) is 0 Å². The Balaban J connectivity index is 2.89. The van der Waals surface area contributed by atoms with Crippen LogP contribution in [0.15, 0.2) is 31.0 Å². The Bertz CT molecular complexity index is 370. The summed E-state index contributed by atoms with van der Waals surface area (Å²) < 4.78 is 0. The third-order valence-electron chi connectivity index (χ3n) is 1.94. The molecule has 0 saturated carbocycles. The molecular formula is C11H13N3O. The number of nitriles is 1. The number of hydrogen-bond acceptors (Lipinski definition) is 4. The van der Waals surface area contributed by atoms with E-state index in [0.717, 1.165) is 5.69 Å². The van der Waals surface area contributed by atoms with Crippen molar-refractivity contribution < 1.29 is 5.11 Å². The highest BCUT2D eigenvalue weighted by molar-refractivity contribution is 5.49. The molecule has 4 heteroatoms. The van der Waals surface area contributed by atoms with Gasteiger partial charge in [-0.2, -0.15) is 5.26 Å². The van der Waals surface area contributed by atoms with Crippen molar-refractivity contribution in [1.29, 1.82) is 5.26 Å². The maximum atomic E-state index is 8.89. The number of aliphatic hydroxyl groups is 1. The molecule has 0 aliphatic rings. The summed E-state index contributed by atoms with van der Waals surface area (Å²) in [6.45, 7) is 4.86. The molecule has 0 spiro atoms. The predicted octanol–water partition coefficient (Wildman–Crippen LogP) is 0.938. The summed E-state index contributed by atoms with van der Waals surface area (Å²) >= 11 is 0. The van der Waals surface area contributed by atoms with E-state index in [9.17, 15) is 0 Å². The largest absolute Gasteiger partial charge is 0.395 e. The smallest absolute Gasteiger partial charge is 0.142 e. The summed E-state index contributed by atoms with van der Waals surface area (Å²) in [4.78, 5) is 5.81. The number of hydrogen-bond donors (Lipinski definition) is 1. The molecule has 1 heterocycles. The standard InChI is InChI=1S/C11H13N3O/c1-2-5-14(6-7-15)11-3-4-13-10(8-11)9-12/h2-4,8,15H,1,5-7H2. The van der Waals surface area contributed by atoms with Crippen molar-refractivity contribution in [2.75, 3.05) is 24.6 Å². The van der Waals surface area contributed by atoms with Gasteiger partial charge in [0, 0.05) is 25.0 Å². The van der Waals surface area contributed by atoms with Gasteiger partial charge in [0.05, 0.1) is 6.61 Å². The van der Waals surface area contributed by atoms with Crippen molar-refractivity contribution in [3.05, 3.63) is 36.7 Å². The van der Waals surface area contributed by atoms with Crippen molar-refractivity contribution in [3.8, 4) is 6.07 Å². The average Bonchev–Trinajstić information content (AvgIpc) is 2.29. The Morgan fingerprint density at radius 1 is 1.67 bits per heavy atom. The van der Waals surface area contributed by atoms with Gasteiger partial charge < -0.3 is 10.0 Å². The molecule has 0 radical (unpaired) electrons. The summed E-state index contributed by atoms with van der Waals surface area (Å²) in [6.07, 6.45) is 3.34. The van der Waals surface area contributed by atoms with Crippen LogP contribution in [-0.4, -0.2) is 29.8 Å². The third kappa shape index (κ3) is 3.08. The number of anilines is 1. The van der Waals surface area contributed by atoms with E-state index < -0.39 is 0 Å². The first-order valence-electron chi connectivity index (χ1n) is 4.64. The molecule has 1 N–H and O–H groups in total. The van der Waals surface area contributed by atoms with E-state index in [2.05, 4.69) is 11.6 Å². The first-order chi connectivity index (χ1) is 7.31. The van der Waals surface area contributed by atoms with Crippen LogP contribution in [0.2, 0.25) is 0 Å². The summed E-state index contributed by atoms with van der Waals surface area (Å²) in [5.41, 5.74) is 1.25. The molecule has 1 aromatic rings. The van der Waals surface area contributed by atoms with Gasteiger partial charge in [0.15, 0.2) is 0 Å². The summed E-state index contributed by atoms with van der Waals surface area (Å²) in [7, 11) is 0. The summed E-state index contributed by atoms with van der Waals surface area (Å²) in [6, 6.07) is 5.48. The zero-order valence-corrected chi connectivity index (χ0v) is 8.43. The molecule has 78 valence electrons. The molecule has 15 heavy (non-hydrogen) atoms. The van der Waals surface area contributed by atoms with Crippen LogP contribution in [0.25, 0.3) is 0 Å². The van der Waals surface area contributed by atoms with Crippen molar-refractivity contribution in [3.63, 3.8) is 0 Å². The van der Waals surface area contributed by atoms with Gasteiger partial charge in [0.2, 0.25) is 0 Å². The molecule has 0 aliphatic heterocycles. The average molecular weight is 203 g/mol. The predicted molar refractivity (Wildman–Crippen MR) is 58.4 cm³/mol. The Morgan fingerprint density at radius 2 is 2.47 bits per heavy atom. The first-order valence-corrected chi connectivity index (χ1v) is 4.64. The lowest BCUT2D eigenvalue weighted by Crippen LogP contribution is -2.26. The molecule has 0 bridgehead atoms. The summed E-state index contributed by atoms with van der Waals surface area (Å²) in [5.74, 6) is 0. The Morgan fingerprint density at radius 3 is 3.07 bits per heavy atom. The number of aromatic nitrogens is 1. The van der Waals surface area contributed by atoms with E-state index in [1.54, 1.807) is 24.4 Å². The van der Waals surface area contributed by atoms with Gasteiger partial charge in [0.1, 0.15) is 11.8 Å². The topological polar surface area (TPSA) is 60.1 Å². The molecule has 0 atom stereocenters. The highest BCUT2D eigenvalue weighted by atomic mass is 16.3. The Kier molecular flexibility index (Phi) is 4.32. The minimum absolute atomic E-state index is 0.0675. The van der Waals surface area contributed by atoms with Gasteiger partial charge in [-0.1, -0.05) is 6.08 Å².